The first-order chi connectivity index (χ1) is 12.4. The smallest absolute Gasteiger partial charge is 0.261 e. The van der Waals surface area contributed by atoms with Gasteiger partial charge in [-0.3, -0.25) is 29.4 Å². The molecule has 0 spiro atoms. The van der Waals surface area contributed by atoms with Crippen LogP contribution >= 0.6 is 0 Å². The van der Waals surface area contributed by atoms with E-state index in [1.165, 1.54) is 0 Å². The number of carbonyl (C=O) groups is 4. The normalized spacial score (nSPS) is 20.0. The number of amides is 4. The highest BCUT2D eigenvalue weighted by molar-refractivity contribution is 6.07. The number of aromatic nitrogens is 1. The predicted octanol–water partition coefficient (Wildman–Crippen LogP) is -0.137. The van der Waals surface area contributed by atoms with Gasteiger partial charge in [-0.15, -0.1) is 6.42 Å². The van der Waals surface area contributed by atoms with Crippen molar-refractivity contribution in [1.82, 2.24) is 15.2 Å². The van der Waals surface area contributed by atoms with E-state index in [0.29, 0.717) is 30.9 Å². The van der Waals surface area contributed by atoms with Gasteiger partial charge >= 0.3 is 0 Å². The first kappa shape index (κ1) is 17.6. The first-order valence-corrected chi connectivity index (χ1v) is 8.24. The number of hydrogen-bond donors (Lipinski definition) is 1. The van der Waals surface area contributed by atoms with Crippen molar-refractivity contribution >= 4 is 29.9 Å². The Morgan fingerprint density at radius 2 is 2.19 bits per heavy atom. The third-order valence-electron chi connectivity index (χ3n) is 4.65. The molecule has 0 aromatic carbocycles. The second kappa shape index (κ2) is 6.96. The van der Waals surface area contributed by atoms with Crippen LogP contribution in [0.1, 0.15) is 28.8 Å². The summed E-state index contributed by atoms with van der Waals surface area (Å²) in [5.74, 6) is 1.77. The molecule has 1 unspecified atom stereocenters. The molecule has 2 aliphatic rings. The Morgan fingerprint density at radius 1 is 1.46 bits per heavy atom. The molecule has 1 aromatic heterocycles. The largest absolute Gasteiger partial charge is 0.354 e. The minimum atomic E-state index is -0.997. The molecule has 8 heteroatoms. The van der Waals surface area contributed by atoms with Crippen molar-refractivity contribution in [2.45, 2.75) is 25.8 Å². The molecule has 2 aliphatic heterocycles. The molecule has 2 saturated heterocycles. The Kier molecular flexibility index (Phi) is 4.71. The highest BCUT2D eigenvalue weighted by atomic mass is 16.2. The molecule has 134 valence electrons. The van der Waals surface area contributed by atoms with Crippen LogP contribution < -0.4 is 10.2 Å². The second-order valence-corrected chi connectivity index (χ2v) is 6.41. The third kappa shape index (κ3) is 3.16. The number of nitrogens with zero attached hydrogens (tertiary/aromatic N) is 3. The van der Waals surface area contributed by atoms with Gasteiger partial charge in [0, 0.05) is 31.3 Å². The van der Waals surface area contributed by atoms with Gasteiger partial charge in [-0.25, -0.2) is 4.98 Å². The number of terminal acetylenes is 1. The van der Waals surface area contributed by atoms with E-state index in [1.807, 2.05) is 4.90 Å². The Balaban J connectivity index is 1.84. The molecule has 4 amide bonds. The summed E-state index contributed by atoms with van der Waals surface area (Å²) in [5, 5.41) is 2.15. The van der Waals surface area contributed by atoms with Gasteiger partial charge in [-0.05, 0) is 25.0 Å². The number of hydrogen-bond acceptors (Lipinski definition) is 6. The average Bonchev–Trinajstić information content (AvgIpc) is 2.57. The standard InChI is InChI=1S/C18H18N4O4/c1-3-12-8-21(9-12)15-6-13(11(2)7-19-15)18(26)22(10-23)14-4-5-16(24)20-17(14)25/h1,6-7,10,12,14H,4-5,8-9H2,2H3,(H,20,24,25). The molecular formula is C18H18N4O4. The monoisotopic (exact) mass is 354 g/mol. The zero-order valence-corrected chi connectivity index (χ0v) is 14.3. The molecule has 8 nitrogen and oxygen atoms in total. The summed E-state index contributed by atoms with van der Waals surface area (Å²) < 4.78 is 0. The Morgan fingerprint density at radius 3 is 2.81 bits per heavy atom. The first-order valence-electron chi connectivity index (χ1n) is 8.24. The number of aryl methyl sites for hydroxylation is 1. The van der Waals surface area contributed by atoms with Gasteiger partial charge in [0.25, 0.3) is 5.91 Å². The van der Waals surface area contributed by atoms with Gasteiger partial charge < -0.3 is 4.90 Å². The minimum absolute atomic E-state index is 0.0792. The van der Waals surface area contributed by atoms with Crippen molar-refractivity contribution in [3.8, 4) is 12.3 Å². The molecule has 0 radical (unpaired) electrons. The van der Waals surface area contributed by atoms with E-state index < -0.39 is 23.8 Å². The molecule has 0 aliphatic carbocycles. The van der Waals surface area contributed by atoms with E-state index in [0.717, 1.165) is 4.90 Å². The van der Waals surface area contributed by atoms with Crippen molar-refractivity contribution in [1.29, 1.82) is 0 Å². The van der Waals surface area contributed by atoms with Crippen molar-refractivity contribution < 1.29 is 19.2 Å². The van der Waals surface area contributed by atoms with Crippen molar-refractivity contribution in [3.63, 3.8) is 0 Å². The highest BCUT2D eigenvalue weighted by Gasteiger charge is 2.35. The Bertz CT molecular complexity index is 823. The maximum atomic E-state index is 12.9. The molecule has 1 atom stereocenters. The molecule has 3 heterocycles. The fraction of sp³-hybridized carbons (Fsp3) is 0.389. The van der Waals surface area contributed by atoms with Crippen LogP contribution in [0.5, 0.6) is 0 Å². The zero-order valence-electron chi connectivity index (χ0n) is 14.3. The Labute approximate surface area is 150 Å². The molecular weight excluding hydrogens is 336 g/mol. The van der Waals surface area contributed by atoms with Gasteiger partial charge in [0.05, 0.1) is 5.92 Å². The van der Waals surface area contributed by atoms with Gasteiger partial charge in [0.2, 0.25) is 18.2 Å². The van der Waals surface area contributed by atoms with E-state index in [4.69, 9.17) is 6.42 Å². The maximum Gasteiger partial charge on any atom is 0.261 e. The maximum absolute atomic E-state index is 12.9. The number of pyridine rings is 1. The van der Waals surface area contributed by atoms with E-state index in [-0.39, 0.29) is 24.3 Å². The van der Waals surface area contributed by atoms with E-state index in [2.05, 4.69) is 16.2 Å². The fourth-order valence-electron chi connectivity index (χ4n) is 3.04. The van der Waals surface area contributed by atoms with E-state index in [1.54, 1.807) is 19.2 Å². The summed E-state index contributed by atoms with van der Waals surface area (Å²) >= 11 is 0. The number of piperidine rings is 1. The number of imide groups is 2. The van der Waals surface area contributed by atoms with Gasteiger partial charge in [-0.1, -0.05) is 5.92 Å². The summed E-state index contributed by atoms with van der Waals surface area (Å²) in [6.45, 7) is 3.02. The number of rotatable bonds is 4. The summed E-state index contributed by atoms with van der Waals surface area (Å²) in [6, 6.07) is 0.607. The Hall–Kier alpha value is -3.21. The SMILES string of the molecule is C#CC1CN(c2cc(C(=O)N(C=O)C3CCC(=O)NC3=O)c(C)cn2)C1. The molecule has 26 heavy (non-hydrogen) atoms. The topological polar surface area (TPSA) is 99.7 Å². The quantitative estimate of drug-likeness (QED) is 0.459. The summed E-state index contributed by atoms with van der Waals surface area (Å²) in [5.41, 5.74) is 0.878. The van der Waals surface area contributed by atoms with Crippen LogP contribution in [0.4, 0.5) is 5.82 Å². The number of carbonyl (C=O) groups excluding carboxylic acids is 4. The second-order valence-electron chi connectivity index (χ2n) is 6.41. The zero-order chi connectivity index (χ0) is 18.8. The van der Waals surface area contributed by atoms with Crippen molar-refractivity contribution in [2.75, 3.05) is 18.0 Å². The number of anilines is 1. The van der Waals surface area contributed by atoms with Gasteiger partial charge in [0.1, 0.15) is 11.9 Å². The van der Waals surface area contributed by atoms with Gasteiger partial charge in [0.15, 0.2) is 0 Å². The molecule has 0 bridgehead atoms. The third-order valence-corrected chi connectivity index (χ3v) is 4.65. The summed E-state index contributed by atoms with van der Waals surface area (Å²) in [6.07, 6.45) is 7.46. The molecule has 1 aromatic rings. The van der Waals surface area contributed by atoms with Crippen molar-refractivity contribution in [2.24, 2.45) is 5.92 Å². The lowest BCUT2D eigenvalue weighted by molar-refractivity contribution is -0.139. The fourth-order valence-corrected chi connectivity index (χ4v) is 3.04. The van der Waals surface area contributed by atoms with Crippen LogP contribution in [0.25, 0.3) is 0 Å². The molecule has 3 rings (SSSR count). The van der Waals surface area contributed by atoms with Crippen LogP contribution in [0, 0.1) is 25.2 Å². The van der Waals surface area contributed by atoms with E-state index >= 15 is 0 Å². The summed E-state index contributed by atoms with van der Waals surface area (Å²) in [7, 11) is 0. The van der Waals surface area contributed by atoms with Crippen LogP contribution in [0.2, 0.25) is 0 Å². The van der Waals surface area contributed by atoms with Crippen LogP contribution in [-0.4, -0.2) is 53.1 Å². The summed E-state index contributed by atoms with van der Waals surface area (Å²) in [4.78, 5) is 54.8. The molecule has 1 N–H and O–H groups in total. The van der Waals surface area contributed by atoms with Crippen molar-refractivity contribution in [3.05, 3.63) is 23.4 Å². The van der Waals surface area contributed by atoms with Gasteiger partial charge in [-0.2, -0.15) is 0 Å². The number of nitrogens with one attached hydrogen (secondary N) is 1. The van der Waals surface area contributed by atoms with E-state index in [9.17, 15) is 19.2 Å². The van der Waals surface area contributed by atoms with Crippen LogP contribution in [-0.2, 0) is 14.4 Å². The average molecular weight is 354 g/mol. The lowest BCUT2D eigenvalue weighted by atomic mass is 10.00. The minimum Gasteiger partial charge on any atom is -0.354 e. The lowest BCUT2D eigenvalue weighted by Gasteiger charge is -2.37. The molecule has 0 saturated carbocycles. The lowest BCUT2D eigenvalue weighted by Crippen LogP contribution is -2.54. The van der Waals surface area contributed by atoms with Crippen LogP contribution in [0.15, 0.2) is 12.3 Å². The predicted molar refractivity (Wildman–Crippen MR) is 91.9 cm³/mol. The van der Waals surface area contributed by atoms with Crippen LogP contribution in [0.3, 0.4) is 0 Å². The highest BCUT2D eigenvalue weighted by Crippen LogP contribution is 2.25. The molecule has 2 fully saturated rings.